The number of aromatic hydroxyl groups is 2. The van der Waals surface area contributed by atoms with Gasteiger partial charge in [0.2, 0.25) is 82.7 Å². The molecule has 1 aliphatic rings. The predicted molar refractivity (Wildman–Crippen MR) is 476 cm³/mol. The molecular weight excluding hydrogens is 1660 g/mol. The van der Waals surface area contributed by atoms with Crippen molar-refractivity contribution in [2.24, 2.45) is 33.9 Å². The smallest absolute Gasteiger partial charge is 0.246 e. The molecule has 2 bridgehead atoms. The Kier molecular flexibility index (Phi) is 41.1. The molecule has 1 aromatic heterocycles. The van der Waals surface area contributed by atoms with Crippen LogP contribution in [0.25, 0.3) is 0 Å². The number of primary amides is 1. The Morgan fingerprint density at radius 1 is 0.643 bits per heavy atom. The van der Waals surface area contributed by atoms with Crippen LogP contribution in [0, 0.1) is 28.0 Å². The fourth-order valence-corrected chi connectivity index (χ4v) is 15.7. The second-order valence-corrected chi connectivity index (χ2v) is 35.6. The van der Waals surface area contributed by atoms with Crippen LogP contribution in [-0.4, -0.2) is 224 Å². The van der Waals surface area contributed by atoms with Gasteiger partial charge in [-0.1, -0.05) is 136 Å². The van der Waals surface area contributed by atoms with Gasteiger partial charge in [-0.2, -0.15) is 23.5 Å². The molecule has 4 aromatic carbocycles. The maximum absolute atomic E-state index is 15.4. The van der Waals surface area contributed by atoms with E-state index in [4.69, 9.17) is 22.6 Å². The van der Waals surface area contributed by atoms with Crippen molar-refractivity contribution in [1.29, 1.82) is 5.41 Å². The van der Waals surface area contributed by atoms with Gasteiger partial charge in [0.1, 0.15) is 89.8 Å². The Hall–Kier alpha value is -11.9. The number of amides is 14. The zero-order valence-corrected chi connectivity index (χ0v) is 74.9. The predicted octanol–water partition coefficient (Wildman–Crippen LogP) is 1.52. The van der Waals surface area contributed by atoms with Crippen LogP contribution in [0.1, 0.15) is 154 Å². The van der Waals surface area contributed by atoms with Gasteiger partial charge in [-0.15, -0.1) is 0 Å². The van der Waals surface area contributed by atoms with Crippen molar-refractivity contribution in [1.82, 2.24) is 84.0 Å². The van der Waals surface area contributed by atoms with Crippen molar-refractivity contribution in [3.63, 3.8) is 0 Å². The summed E-state index contributed by atoms with van der Waals surface area (Å²) < 4.78 is 14.6. The van der Waals surface area contributed by atoms with Crippen molar-refractivity contribution in [2.75, 3.05) is 38.2 Å². The average Bonchev–Trinajstić information content (AvgIpc) is 0.889. The first-order valence-electron chi connectivity index (χ1n) is 42.0. The van der Waals surface area contributed by atoms with E-state index in [0.717, 1.165) is 17.0 Å². The number of nitrogens with zero attached hydrogens (tertiary/aromatic N) is 2. The number of nitrogens with two attached hydrogens (primary N) is 3. The van der Waals surface area contributed by atoms with Gasteiger partial charge < -0.3 is 106 Å². The van der Waals surface area contributed by atoms with Gasteiger partial charge in [0.05, 0.1) is 18.6 Å². The molecule has 5 aromatic rings. The van der Waals surface area contributed by atoms with E-state index in [0.29, 0.717) is 40.7 Å². The maximum atomic E-state index is 15.4. The average molecular weight is 1790 g/mol. The number of hydrogen-bond acceptors (Lipinski definition) is 21. The molecule has 0 saturated heterocycles. The van der Waals surface area contributed by atoms with Crippen molar-refractivity contribution in [3.05, 3.63) is 149 Å². The second-order valence-electron chi connectivity index (χ2n) is 33.6. The summed E-state index contributed by atoms with van der Waals surface area (Å²) in [5.74, 6) is -13.8. The Morgan fingerprint density at radius 2 is 1.21 bits per heavy atom. The number of rotatable bonds is 28. The highest BCUT2D eigenvalue weighted by Gasteiger charge is 2.42. The molecule has 126 heavy (non-hydrogen) atoms. The molecule has 23 N–H and O–H groups in total. The number of imidazole rings is 1. The van der Waals surface area contributed by atoms with Crippen LogP contribution in [-0.2, 0) is 104 Å². The Bertz CT molecular complexity index is 4520. The zero-order chi connectivity index (χ0) is 93.1. The highest BCUT2D eigenvalue weighted by atomic mass is 32.2. The van der Waals surface area contributed by atoms with E-state index < -0.39 is 190 Å². The first-order chi connectivity index (χ1) is 59.6. The quantitative estimate of drug-likeness (QED) is 0.0192. The summed E-state index contributed by atoms with van der Waals surface area (Å²) in [6, 6.07) is 6.57. The van der Waals surface area contributed by atoms with Gasteiger partial charge in [0.25, 0.3) is 0 Å². The van der Waals surface area contributed by atoms with E-state index in [1.54, 1.807) is 86.6 Å². The highest BCUT2D eigenvalue weighted by molar-refractivity contribution is 7.98. The lowest BCUT2D eigenvalue weighted by Gasteiger charge is -2.35. The number of halogens is 1. The number of carbonyl (C=O) groups is 14. The second kappa shape index (κ2) is 50.3. The number of phenols is 2. The maximum Gasteiger partial charge on any atom is 0.246 e. The number of carbonyl (C=O) groups excluding carboxylic acids is 14. The number of benzene rings is 4. The summed E-state index contributed by atoms with van der Waals surface area (Å²) in [6.45, 7) is 15.7. The zero-order valence-electron chi connectivity index (χ0n) is 73.3. The topological polar surface area (TPSA) is 570 Å². The summed E-state index contributed by atoms with van der Waals surface area (Å²) in [5.41, 5.74) is 18.1. The number of thioether (sulfide) groups is 2. The number of likely N-dealkylation sites (N-methyl/N-ethyl adjacent to an activating group) is 1. The Labute approximate surface area is 742 Å². The molecule has 1 aliphatic heterocycles. The van der Waals surface area contributed by atoms with Crippen molar-refractivity contribution in [2.45, 2.75) is 230 Å². The van der Waals surface area contributed by atoms with Crippen molar-refractivity contribution in [3.8, 4) is 11.5 Å². The summed E-state index contributed by atoms with van der Waals surface area (Å²) in [5, 5.41) is 63.6. The third kappa shape index (κ3) is 34.2. The molecule has 0 radical (unpaired) electrons. The minimum Gasteiger partial charge on any atom is -0.508 e. The van der Waals surface area contributed by atoms with Gasteiger partial charge in [-0.05, 0) is 126 Å². The molecule has 0 aliphatic carbocycles. The van der Waals surface area contributed by atoms with E-state index in [1.165, 1.54) is 98.6 Å². The van der Waals surface area contributed by atoms with Gasteiger partial charge in [0, 0.05) is 75.4 Å². The molecule has 0 fully saturated rings. The van der Waals surface area contributed by atoms with Crippen molar-refractivity contribution < 1.29 is 81.7 Å². The molecule has 688 valence electrons. The molecule has 14 amide bonds. The van der Waals surface area contributed by atoms with Crippen LogP contribution in [0.2, 0.25) is 0 Å². The number of aromatic nitrogens is 2. The molecule has 0 unspecified atom stereocenters. The van der Waals surface area contributed by atoms with E-state index in [1.807, 2.05) is 12.1 Å². The lowest BCUT2D eigenvalue weighted by atomic mass is 9.85. The monoisotopic (exact) mass is 1790 g/mol. The van der Waals surface area contributed by atoms with Crippen LogP contribution in [0.4, 0.5) is 4.39 Å². The first kappa shape index (κ1) is 103. The number of phenolic OH excluding ortho intramolecular Hbond substituents is 2. The SMILES string of the molecule is CCC[C@H](NC(C)=O)C(=O)N[C@H]1CSCc2cccc(c2)CSC[C@@H](C(=O)N[C@H](C(=O)N[C@@H](Cc2ccc(O)cc2)C(N)=O)C(C)(C)C)NC(=O)[C@H]([C@@H](C)CC)NC(=O)[C@H](Cc2c[nH]cn2)NC(=O)[C@H](CCCNC(=N)N)NC(=O)[C@H](Cc2ccc(O)cc2)NC(=O)[C@H](CCCCN)NC(=O)CNC(=O)[C@H](C(C)(C)C)NC(=O)[C@H](Cc2ccc(F)cc2)N(C)C1=O. The first-order valence-corrected chi connectivity index (χ1v) is 44.3. The minimum atomic E-state index is -1.59. The third-order valence-electron chi connectivity index (χ3n) is 21.0. The summed E-state index contributed by atoms with van der Waals surface area (Å²) in [4.78, 5) is 213. The van der Waals surface area contributed by atoms with E-state index in [-0.39, 0.29) is 118 Å². The molecule has 2 heterocycles. The standard InChI is InChI=1S/C87H125FN20O16S2/c1-12-18-60(97-50(4)109)74(114)104-67-47-126-45-55-20-16-19-54(37-55)44-125-46-66(79(119)106-72(87(8,9)10)83(123)100-63(73(90)113)38-51-25-31-58(110)32-26-51)103-81(121)70(49(3)13-2)105-78(118)65(41-57-42-93-48-96-57)102-76(116)62(22-17-36-94-85(91)92)99-77(117)64(39-52-27-33-59(111)34-28-52)101-75(115)61(21-14-15-35-89)98-69(112)43-95-82(122)71(86(5,6)7)107-80(120)68(108(11)84(67)124)40-53-23-29-56(88)30-24-53/h16,19-20,23-34,37,42,48-49,60-68,70-72,110-111H,12-15,17-18,21-22,35-36,38-41,43-47,89H2,1-11H3,(H2,90,113)(H,93,96)(H,95,122)(H,97,109)(H,98,112)(H,99,117)(H,100,123)(H,101,115)(H,102,116)(H,103,121)(H,104,114)(H,105,118)(H,106,119)(H,107,120)(H4,91,92,94)/t49-,60-,61-,62-,63-,64-,65-,66-,67-,68-,70-,71+,72+/m0/s1. The van der Waals surface area contributed by atoms with Crippen LogP contribution in [0.5, 0.6) is 11.5 Å². The van der Waals surface area contributed by atoms with E-state index in [2.05, 4.69) is 79.1 Å². The number of nitrogens with one attached hydrogen (secondary N) is 15. The normalized spacial score (nSPS) is 21.1. The van der Waals surface area contributed by atoms with Crippen LogP contribution >= 0.6 is 23.5 Å². The number of H-pyrrole nitrogens is 1. The molecule has 0 spiro atoms. The molecule has 13 atom stereocenters. The van der Waals surface area contributed by atoms with Crippen molar-refractivity contribution >= 4 is 112 Å². The number of hydrogen-bond donors (Lipinski definition) is 20. The highest BCUT2D eigenvalue weighted by Crippen LogP contribution is 2.26. The van der Waals surface area contributed by atoms with E-state index >= 15 is 33.6 Å². The number of fused-ring (bicyclic) bond motifs is 2. The Balaban J connectivity index is 1.50. The lowest BCUT2D eigenvalue weighted by Crippen LogP contribution is -2.63. The molecule has 0 saturated carbocycles. The minimum absolute atomic E-state index is 0.0000686. The van der Waals surface area contributed by atoms with Crippen LogP contribution in [0.3, 0.4) is 0 Å². The Morgan fingerprint density at radius 3 is 1.77 bits per heavy atom. The number of unbranched alkanes of at least 4 members (excludes halogenated alkanes) is 1. The van der Waals surface area contributed by atoms with Crippen LogP contribution < -0.4 is 86.3 Å². The summed E-state index contributed by atoms with van der Waals surface area (Å²) in [6.07, 6.45) is 3.04. The molecule has 36 nitrogen and oxygen atoms in total. The van der Waals surface area contributed by atoms with Gasteiger partial charge >= 0.3 is 0 Å². The van der Waals surface area contributed by atoms with Gasteiger partial charge in [-0.3, -0.25) is 72.5 Å². The molecule has 39 heteroatoms. The molecular formula is C87H125FN20O16S2. The summed E-state index contributed by atoms with van der Waals surface area (Å²) >= 11 is 2.42. The lowest BCUT2D eigenvalue weighted by molar-refractivity contribution is -0.143. The fraction of sp³-hybridized carbons (Fsp3) is 0.517. The largest absolute Gasteiger partial charge is 0.508 e. The third-order valence-corrected chi connectivity index (χ3v) is 23.2. The van der Waals surface area contributed by atoms with E-state index in [9.17, 15) is 48.2 Å². The van der Waals surface area contributed by atoms with Crippen LogP contribution in [0.15, 0.2) is 110 Å². The van der Waals surface area contributed by atoms with Gasteiger partial charge in [-0.25, -0.2) is 9.37 Å². The fourth-order valence-electron chi connectivity index (χ4n) is 13.7. The summed E-state index contributed by atoms with van der Waals surface area (Å²) in [7, 11) is 1.33. The van der Waals surface area contributed by atoms with Gasteiger partial charge in [0.15, 0.2) is 5.96 Å². The number of guanidine groups is 1. The number of aromatic amines is 1. The molecule has 6 rings (SSSR count).